The third kappa shape index (κ3) is 2.98. The topological polar surface area (TPSA) is 24.9 Å². The Morgan fingerprint density at radius 3 is 2.57 bits per heavy atom. The third-order valence-corrected chi connectivity index (χ3v) is 2.32. The van der Waals surface area contributed by atoms with E-state index in [0.717, 1.165) is 12.1 Å². The summed E-state index contributed by atoms with van der Waals surface area (Å²) in [5.41, 5.74) is 0.881. The van der Waals surface area contributed by atoms with Gasteiger partial charge in [-0.15, -0.1) is 0 Å². The van der Waals surface area contributed by atoms with E-state index in [4.69, 9.17) is 0 Å². The van der Waals surface area contributed by atoms with Gasteiger partial charge in [-0.05, 0) is 24.5 Å². The summed E-state index contributed by atoms with van der Waals surface area (Å²) >= 11 is 0. The quantitative estimate of drug-likeness (QED) is 0.748. The van der Waals surface area contributed by atoms with Crippen LogP contribution in [0.1, 0.15) is 27.2 Å². The first-order valence-electron chi connectivity index (χ1n) is 5.01. The average Bonchev–Trinajstić information content (AvgIpc) is 2.16. The van der Waals surface area contributed by atoms with Crippen molar-refractivity contribution in [1.29, 1.82) is 0 Å². The number of nitrogens with zero attached hydrogens (tertiary/aromatic N) is 1. The van der Waals surface area contributed by atoms with Crippen molar-refractivity contribution < 1.29 is 4.39 Å². The third-order valence-electron chi connectivity index (χ3n) is 2.32. The second-order valence-corrected chi connectivity index (χ2v) is 3.77. The van der Waals surface area contributed by atoms with Crippen LogP contribution in [0.5, 0.6) is 0 Å². The minimum absolute atomic E-state index is 0.419. The van der Waals surface area contributed by atoms with Crippen LogP contribution in [0.15, 0.2) is 18.3 Å². The monoisotopic (exact) mass is 196 g/mol. The van der Waals surface area contributed by atoms with Crippen LogP contribution in [-0.4, -0.2) is 11.0 Å². The molecule has 1 heterocycles. The Balaban J connectivity index is 2.63. The molecule has 0 aliphatic carbocycles. The predicted molar refractivity (Wildman–Crippen MR) is 56.7 cm³/mol. The lowest BCUT2D eigenvalue weighted by molar-refractivity contribution is 0.510. The fraction of sp³-hybridized carbons (Fsp3) is 0.545. The second-order valence-electron chi connectivity index (χ2n) is 3.77. The highest BCUT2D eigenvalue weighted by atomic mass is 19.1. The van der Waals surface area contributed by atoms with Crippen LogP contribution in [-0.2, 0) is 0 Å². The highest BCUT2D eigenvalue weighted by Gasteiger charge is 2.10. The summed E-state index contributed by atoms with van der Waals surface area (Å²) in [4.78, 5) is 3.60. The summed E-state index contributed by atoms with van der Waals surface area (Å²) in [6.07, 6.45) is 2.58. The van der Waals surface area contributed by atoms with Gasteiger partial charge in [-0.2, -0.15) is 4.39 Å². The number of anilines is 1. The molecule has 0 aliphatic rings. The van der Waals surface area contributed by atoms with E-state index in [0.29, 0.717) is 12.0 Å². The zero-order chi connectivity index (χ0) is 10.6. The molecule has 1 rings (SSSR count). The number of hydrogen-bond donors (Lipinski definition) is 1. The Hall–Kier alpha value is -1.12. The molecule has 0 fully saturated rings. The van der Waals surface area contributed by atoms with Gasteiger partial charge in [0.25, 0.3) is 0 Å². The Morgan fingerprint density at radius 1 is 1.43 bits per heavy atom. The lowest BCUT2D eigenvalue weighted by atomic mass is 10.0. The van der Waals surface area contributed by atoms with Crippen LogP contribution in [0, 0.1) is 11.9 Å². The normalized spacial score (nSPS) is 12.9. The van der Waals surface area contributed by atoms with Crippen LogP contribution < -0.4 is 5.32 Å². The molecule has 1 unspecified atom stereocenters. The summed E-state index contributed by atoms with van der Waals surface area (Å²) in [5, 5.41) is 3.33. The predicted octanol–water partition coefficient (Wildman–Crippen LogP) is 3.07. The number of rotatable bonds is 4. The molecule has 3 heteroatoms. The van der Waals surface area contributed by atoms with E-state index in [1.807, 2.05) is 0 Å². The SMILES string of the molecule is CCC(Nc1ccc(F)nc1)C(C)C. The Bertz CT molecular complexity index is 269. The molecular formula is C11H17FN2. The molecule has 14 heavy (non-hydrogen) atoms. The standard InChI is InChI=1S/C11H17FN2/c1-4-10(8(2)3)14-9-5-6-11(12)13-7-9/h5-8,10,14H,4H2,1-3H3. The molecule has 0 saturated heterocycles. The van der Waals surface area contributed by atoms with Crippen LogP contribution in [0.25, 0.3) is 0 Å². The molecule has 0 bridgehead atoms. The summed E-state index contributed by atoms with van der Waals surface area (Å²) in [6.45, 7) is 6.46. The molecule has 0 aliphatic heterocycles. The van der Waals surface area contributed by atoms with E-state index < -0.39 is 5.95 Å². The van der Waals surface area contributed by atoms with Gasteiger partial charge in [0.1, 0.15) is 0 Å². The van der Waals surface area contributed by atoms with Gasteiger partial charge in [0.05, 0.1) is 11.9 Å². The summed E-state index contributed by atoms with van der Waals surface area (Å²) < 4.78 is 12.5. The van der Waals surface area contributed by atoms with E-state index in [2.05, 4.69) is 31.1 Å². The first kappa shape index (κ1) is 11.0. The van der Waals surface area contributed by atoms with Crippen LogP contribution >= 0.6 is 0 Å². The van der Waals surface area contributed by atoms with E-state index in [9.17, 15) is 4.39 Å². The molecule has 0 aromatic carbocycles. The van der Waals surface area contributed by atoms with Crippen molar-refractivity contribution in [1.82, 2.24) is 4.98 Å². The van der Waals surface area contributed by atoms with Crippen molar-refractivity contribution >= 4 is 5.69 Å². The van der Waals surface area contributed by atoms with Gasteiger partial charge >= 0.3 is 0 Å². The van der Waals surface area contributed by atoms with Gasteiger partial charge in [-0.3, -0.25) is 0 Å². The second kappa shape index (κ2) is 4.94. The van der Waals surface area contributed by atoms with Crippen molar-refractivity contribution in [2.24, 2.45) is 5.92 Å². The highest BCUT2D eigenvalue weighted by Crippen LogP contribution is 2.14. The maximum absolute atomic E-state index is 12.5. The van der Waals surface area contributed by atoms with Gasteiger partial charge in [-0.1, -0.05) is 20.8 Å². The van der Waals surface area contributed by atoms with E-state index in [1.54, 1.807) is 6.07 Å². The Morgan fingerprint density at radius 2 is 2.14 bits per heavy atom. The first-order chi connectivity index (χ1) is 6.63. The number of hydrogen-bond acceptors (Lipinski definition) is 2. The number of aromatic nitrogens is 1. The van der Waals surface area contributed by atoms with E-state index >= 15 is 0 Å². The molecule has 0 amide bonds. The number of pyridine rings is 1. The largest absolute Gasteiger partial charge is 0.381 e. The molecular weight excluding hydrogens is 179 g/mol. The summed E-state index contributed by atoms with van der Waals surface area (Å²) in [6, 6.07) is 3.50. The van der Waals surface area contributed by atoms with Crippen LogP contribution in [0.3, 0.4) is 0 Å². The van der Waals surface area contributed by atoms with Crippen molar-refractivity contribution in [3.63, 3.8) is 0 Å². The molecule has 1 N–H and O–H groups in total. The summed E-state index contributed by atoms with van der Waals surface area (Å²) in [7, 11) is 0. The van der Waals surface area contributed by atoms with Crippen molar-refractivity contribution in [2.45, 2.75) is 33.2 Å². The molecule has 0 radical (unpaired) electrons. The minimum Gasteiger partial charge on any atom is -0.381 e. The van der Waals surface area contributed by atoms with Gasteiger partial charge < -0.3 is 5.32 Å². The highest BCUT2D eigenvalue weighted by molar-refractivity contribution is 5.40. The molecule has 0 saturated carbocycles. The average molecular weight is 196 g/mol. The smallest absolute Gasteiger partial charge is 0.212 e. The maximum Gasteiger partial charge on any atom is 0.212 e. The molecule has 78 valence electrons. The number of nitrogens with one attached hydrogen (secondary N) is 1. The molecule has 1 atom stereocenters. The van der Waals surface area contributed by atoms with Gasteiger partial charge in [0.2, 0.25) is 5.95 Å². The lowest BCUT2D eigenvalue weighted by Crippen LogP contribution is -2.24. The first-order valence-corrected chi connectivity index (χ1v) is 5.01. The molecule has 1 aromatic rings. The van der Waals surface area contributed by atoms with E-state index in [-0.39, 0.29) is 0 Å². The van der Waals surface area contributed by atoms with Crippen LogP contribution in [0.4, 0.5) is 10.1 Å². The van der Waals surface area contributed by atoms with Gasteiger partial charge in [-0.25, -0.2) is 4.98 Å². The Kier molecular flexibility index (Phi) is 3.86. The molecule has 2 nitrogen and oxygen atoms in total. The van der Waals surface area contributed by atoms with Gasteiger partial charge in [0, 0.05) is 6.04 Å². The van der Waals surface area contributed by atoms with Crippen molar-refractivity contribution in [3.8, 4) is 0 Å². The fourth-order valence-corrected chi connectivity index (χ4v) is 1.42. The number of halogens is 1. The van der Waals surface area contributed by atoms with Crippen molar-refractivity contribution in [3.05, 3.63) is 24.3 Å². The zero-order valence-electron chi connectivity index (χ0n) is 8.92. The zero-order valence-corrected chi connectivity index (χ0v) is 8.92. The van der Waals surface area contributed by atoms with Crippen LogP contribution in [0.2, 0.25) is 0 Å². The minimum atomic E-state index is -0.437. The maximum atomic E-state index is 12.5. The Labute approximate surface area is 84.6 Å². The molecule has 1 aromatic heterocycles. The summed E-state index contributed by atoms with van der Waals surface area (Å²) in [5.74, 6) is 0.123. The van der Waals surface area contributed by atoms with Gasteiger partial charge in [0.15, 0.2) is 0 Å². The molecule has 0 spiro atoms. The van der Waals surface area contributed by atoms with E-state index in [1.165, 1.54) is 12.3 Å². The lowest BCUT2D eigenvalue weighted by Gasteiger charge is -2.21. The van der Waals surface area contributed by atoms with Crippen molar-refractivity contribution in [2.75, 3.05) is 5.32 Å². The fourth-order valence-electron chi connectivity index (χ4n) is 1.42.